The van der Waals surface area contributed by atoms with E-state index < -0.39 is 0 Å². The summed E-state index contributed by atoms with van der Waals surface area (Å²) < 4.78 is 1.98. The van der Waals surface area contributed by atoms with Crippen molar-refractivity contribution < 1.29 is 4.79 Å². The fourth-order valence-electron chi connectivity index (χ4n) is 2.16. The molecule has 0 aliphatic heterocycles. The van der Waals surface area contributed by atoms with E-state index in [2.05, 4.69) is 5.32 Å². The Kier molecular flexibility index (Phi) is 3.01. The number of hydrogen-bond acceptors (Lipinski definition) is 2. The van der Waals surface area contributed by atoms with Crippen molar-refractivity contribution in [3.8, 4) is 0 Å². The lowest BCUT2D eigenvalue weighted by Crippen LogP contribution is -2.50. The number of aromatic nitrogens is 1. The molecule has 0 bridgehead atoms. The molecule has 1 heterocycles. The van der Waals surface area contributed by atoms with Crippen LogP contribution in [0.2, 0.25) is 0 Å². The monoisotopic (exact) mass is 221 g/mol. The highest BCUT2D eigenvalue weighted by Gasteiger charge is 2.42. The van der Waals surface area contributed by atoms with Crippen LogP contribution in [0.1, 0.15) is 24.8 Å². The van der Waals surface area contributed by atoms with E-state index >= 15 is 0 Å². The van der Waals surface area contributed by atoms with Gasteiger partial charge in [-0.05, 0) is 24.5 Å². The predicted octanol–water partition coefficient (Wildman–Crippen LogP) is 0.770. The molecule has 1 aromatic heterocycles. The highest BCUT2D eigenvalue weighted by molar-refractivity contribution is 5.83. The normalized spacial score (nSPS) is 17.9. The van der Waals surface area contributed by atoms with E-state index in [4.69, 9.17) is 5.73 Å². The van der Waals surface area contributed by atoms with Gasteiger partial charge in [0, 0.05) is 32.5 Å². The highest BCUT2D eigenvalue weighted by Crippen LogP contribution is 2.39. The molecular weight excluding hydrogens is 202 g/mol. The highest BCUT2D eigenvalue weighted by atomic mass is 16.2. The van der Waals surface area contributed by atoms with Crippen molar-refractivity contribution in [3.05, 3.63) is 24.0 Å². The van der Waals surface area contributed by atoms with Crippen LogP contribution in [0.4, 0.5) is 0 Å². The van der Waals surface area contributed by atoms with Gasteiger partial charge in [0.15, 0.2) is 0 Å². The van der Waals surface area contributed by atoms with Crippen molar-refractivity contribution in [2.24, 2.45) is 18.2 Å². The molecule has 1 fully saturated rings. The first-order chi connectivity index (χ1) is 7.66. The quantitative estimate of drug-likeness (QED) is 0.789. The third kappa shape index (κ3) is 1.97. The van der Waals surface area contributed by atoms with E-state index in [1.54, 1.807) is 0 Å². The van der Waals surface area contributed by atoms with Crippen LogP contribution in [-0.2, 0) is 18.4 Å². The molecule has 1 saturated carbocycles. The Morgan fingerprint density at radius 3 is 2.81 bits per heavy atom. The van der Waals surface area contributed by atoms with Gasteiger partial charge in [-0.3, -0.25) is 4.79 Å². The molecule has 88 valence electrons. The van der Waals surface area contributed by atoms with Gasteiger partial charge < -0.3 is 15.6 Å². The molecule has 16 heavy (non-hydrogen) atoms. The number of rotatable bonds is 4. The summed E-state index contributed by atoms with van der Waals surface area (Å²) in [6, 6.07) is 2.01. The zero-order chi connectivity index (χ0) is 11.6. The van der Waals surface area contributed by atoms with E-state index in [-0.39, 0.29) is 11.3 Å². The summed E-state index contributed by atoms with van der Waals surface area (Å²) in [5.74, 6) is 0.116. The maximum Gasteiger partial charge on any atom is 0.227 e. The van der Waals surface area contributed by atoms with Crippen molar-refractivity contribution in [3.63, 3.8) is 0 Å². The Hall–Kier alpha value is -1.29. The molecule has 1 aliphatic carbocycles. The Morgan fingerprint density at radius 1 is 1.62 bits per heavy atom. The van der Waals surface area contributed by atoms with Crippen LogP contribution in [0.15, 0.2) is 18.5 Å². The van der Waals surface area contributed by atoms with Gasteiger partial charge in [0.05, 0.1) is 5.41 Å². The predicted molar refractivity (Wildman–Crippen MR) is 62.6 cm³/mol. The number of nitrogens with zero attached hydrogens (tertiary/aromatic N) is 1. The number of aryl methyl sites for hydroxylation is 1. The average molecular weight is 221 g/mol. The molecule has 0 radical (unpaired) electrons. The number of nitrogens with one attached hydrogen (secondary N) is 1. The van der Waals surface area contributed by atoms with Crippen LogP contribution >= 0.6 is 0 Å². The molecule has 0 saturated heterocycles. The minimum atomic E-state index is -0.269. The maximum absolute atomic E-state index is 12.0. The lowest BCUT2D eigenvalue weighted by Gasteiger charge is -2.39. The molecule has 0 unspecified atom stereocenters. The molecule has 1 amide bonds. The fourth-order valence-corrected chi connectivity index (χ4v) is 2.16. The largest absolute Gasteiger partial charge is 0.357 e. The molecule has 1 aliphatic rings. The maximum atomic E-state index is 12.0. The van der Waals surface area contributed by atoms with Crippen molar-refractivity contribution >= 4 is 5.91 Å². The minimum absolute atomic E-state index is 0.116. The van der Waals surface area contributed by atoms with Crippen LogP contribution in [0, 0.1) is 5.41 Å². The van der Waals surface area contributed by atoms with E-state index in [1.807, 2.05) is 30.1 Å². The minimum Gasteiger partial charge on any atom is -0.357 e. The molecule has 2 rings (SSSR count). The number of carbonyl (C=O) groups excluding carboxylic acids is 1. The Balaban J connectivity index is 1.88. The second kappa shape index (κ2) is 4.29. The smallest absolute Gasteiger partial charge is 0.227 e. The lowest BCUT2D eigenvalue weighted by molar-refractivity contribution is -0.135. The van der Waals surface area contributed by atoms with Gasteiger partial charge in [0.1, 0.15) is 0 Å². The first-order valence-electron chi connectivity index (χ1n) is 5.75. The molecule has 0 atom stereocenters. The van der Waals surface area contributed by atoms with Crippen molar-refractivity contribution in [1.29, 1.82) is 0 Å². The van der Waals surface area contributed by atoms with Gasteiger partial charge in [-0.15, -0.1) is 0 Å². The molecular formula is C12H19N3O. The summed E-state index contributed by atoms with van der Waals surface area (Å²) in [5, 5.41) is 2.97. The van der Waals surface area contributed by atoms with Crippen molar-refractivity contribution in [1.82, 2.24) is 9.88 Å². The second-order valence-electron chi connectivity index (χ2n) is 4.71. The standard InChI is InChI=1S/C12H19N3O/c1-15-6-3-10(8-15)7-14-11(16)12(9-13)4-2-5-12/h3,6,8H,2,4-5,7,9,13H2,1H3,(H,14,16). The van der Waals surface area contributed by atoms with Gasteiger partial charge >= 0.3 is 0 Å². The average Bonchev–Trinajstić information content (AvgIpc) is 2.60. The lowest BCUT2D eigenvalue weighted by atomic mass is 9.68. The molecule has 1 aromatic rings. The Labute approximate surface area is 95.8 Å². The Morgan fingerprint density at radius 2 is 2.38 bits per heavy atom. The van der Waals surface area contributed by atoms with Gasteiger partial charge in [-0.25, -0.2) is 0 Å². The summed E-state index contributed by atoms with van der Waals surface area (Å²) in [4.78, 5) is 12.0. The van der Waals surface area contributed by atoms with Crippen molar-refractivity contribution in [2.75, 3.05) is 6.54 Å². The van der Waals surface area contributed by atoms with Gasteiger partial charge in [-0.1, -0.05) is 6.42 Å². The van der Waals surface area contributed by atoms with Crippen molar-refractivity contribution in [2.45, 2.75) is 25.8 Å². The third-order valence-electron chi connectivity index (χ3n) is 3.53. The molecule has 3 N–H and O–H groups in total. The summed E-state index contributed by atoms with van der Waals surface area (Å²) in [6.07, 6.45) is 6.98. The molecule has 4 nitrogen and oxygen atoms in total. The number of carbonyl (C=O) groups is 1. The first-order valence-corrected chi connectivity index (χ1v) is 5.75. The summed E-state index contributed by atoms with van der Waals surface area (Å²) >= 11 is 0. The van der Waals surface area contributed by atoms with E-state index in [0.29, 0.717) is 13.1 Å². The topological polar surface area (TPSA) is 60.0 Å². The second-order valence-corrected chi connectivity index (χ2v) is 4.71. The summed E-state index contributed by atoms with van der Waals surface area (Å²) in [7, 11) is 1.97. The van der Waals surface area contributed by atoms with Gasteiger partial charge in [-0.2, -0.15) is 0 Å². The Bertz CT molecular complexity index is 374. The SMILES string of the molecule is Cn1ccc(CNC(=O)C2(CN)CCC2)c1. The molecule has 4 heteroatoms. The van der Waals surface area contributed by atoms with E-state index in [1.165, 1.54) is 0 Å². The summed E-state index contributed by atoms with van der Waals surface area (Å²) in [5.41, 5.74) is 6.54. The number of hydrogen-bond donors (Lipinski definition) is 2. The van der Waals surface area contributed by atoms with Gasteiger partial charge in [0.2, 0.25) is 5.91 Å². The zero-order valence-corrected chi connectivity index (χ0v) is 9.70. The zero-order valence-electron chi connectivity index (χ0n) is 9.70. The van der Waals surface area contributed by atoms with Crippen LogP contribution < -0.4 is 11.1 Å². The van der Waals surface area contributed by atoms with Crippen LogP contribution in [0.25, 0.3) is 0 Å². The van der Waals surface area contributed by atoms with Crippen LogP contribution in [-0.4, -0.2) is 17.0 Å². The first kappa shape index (κ1) is 11.2. The summed E-state index contributed by atoms with van der Waals surface area (Å²) in [6.45, 7) is 1.06. The van der Waals surface area contributed by atoms with Crippen LogP contribution in [0.3, 0.4) is 0 Å². The third-order valence-corrected chi connectivity index (χ3v) is 3.53. The number of nitrogens with two attached hydrogens (primary N) is 1. The van der Waals surface area contributed by atoms with Crippen LogP contribution in [0.5, 0.6) is 0 Å². The molecule has 0 spiro atoms. The fraction of sp³-hybridized carbons (Fsp3) is 0.583. The van der Waals surface area contributed by atoms with E-state index in [9.17, 15) is 4.79 Å². The number of amides is 1. The van der Waals surface area contributed by atoms with E-state index in [0.717, 1.165) is 24.8 Å². The van der Waals surface area contributed by atoms with Gasteiger partial charge in [0.25, 0.3) is 0 Å². The molecule has 0 aromatic carbocycles.